The molecule has 4 aromatic rings. The second kappa shape index (κ2) is 7.13. The van der Waals surface area contributed by atoms with E-state index in [4.69, 9.17) is 10.2 Å². The van der Waals surface area contributed by atoms with Gasteiger partial charge in [-0.1, -0.05) is 48.6 Å². The van der Waals surface area contributed by atoms with Crippen LogP contribution in [0.3, 0.4) is 0 Å². The van der Waals surface area contributed by atoms with Crippen LogP contribution in [0.2, 0.25) is 0 Å². The molecular formula is C19H19N5OS. The molecule has 0 bridgehead atoms. The predicted octanol–water partition coefficient (Wildman–Crippen LogP) is 4.05. The van der Waals surface area contributed by atoms with E-state index in [-0.39, 0.29) is 0 Å². The maximum Gasteiger partial charge on any atom is 0.203 e. The van der Waals surface area contributed by atoms with Gasteiger partial charge in [-0.3, -0.25) is 0 Å². The molecule has 0 aliphatic heterocycles. The molecule has 0 fully saturated rings. The number of aromatic nitrogens is 4. The van der Waals surface area contributed by atoms with Gasteiger partial charge >= 0.3 is 0 Å². The van der Waals surface area contributed by atoms with Gasteiger partial charge < -0.3 is 14.7 Å². The lowest BCUT2D eigenvalue weighted by Gasteiger charge is -2.07. The number of benzene rings is 1. The minimum absolute atomic E-state index is 0.495. The number of furan rings is 1. The third-order valence-corrected chi connectivity index (χ3v) is 4.99. The average Bonchev–Trinajstić information content (AvgIpc) is 3.39. The van der Waals surface area contributed by atoms with E-state index in [0.717, 1.165) is 52.9 Å². The summed E-state index contributed by atoms with van der Waals surface area (Å²) in [5.74, 6) is 1.79. The van der Waals surface area contributed by atoms with Crippen molar-refractivity contribution in [1.29, 1.82) is 0 Å². The Morgan fingerprint density at radius 3 is 2.65 bits per heavy atom. The maximum absolute atomic E-state index is 6.03. The second-order valence-electron chi connectivity index (χ2n) is 5.90. The topological polar surface area (TPSA) is 82.8 Å². The lowest BCUT2D eigenvalue weighted by atomic mass is 10.1. The lowest BCUT2D eigenvalue weighted by molar-refractivity contribution is 0.522. The van der Waals surface area contributed by atoms with E-state index in [2.05, 4.69) is 38.8 Å². The predicted molar refractivity (Wildman–Crippen MR) is 103 cm³/mol. The lowest BCUT2D eigenvalue weighted by Crippen LogP contribution is -2.02. The summed E-state index contributed by atoms with van der Waals surface area (Å²) >= 11 is 1.42. The van der Waals surface area contributed by atoms with Gasteiger partial charge in [0.05, 0.1) is 12.0 Å². The van der Waals surface area contributed by atoms with Gasteiger partial charge in [-0.15, -0.1) is 10.2 Å². The number of imidazole rings is 1. The van der Waals surface area contributed by atoms with Crippen LogP contribution in [-0.4, -0.2) is 19.7 Å². The molecule has 4 rings (SSSR count). The zero-order chi connectivity index (χ0) is 17.9. The van der Waals surface area contributed by atoms with Crippen LogP contribution >= 0.6 is 11.3 Å². The van der Waals surface area contributed by atoms with E-state index in [9.17, 15) is 0 Å². The van der Waals surface area contributed by atoms with E-state index in [1.54, 1.807) is 0 Å². The molecule has 0 unspecified atom stereocenters. The molecule has 1 aromatic carbocycles. The first-order chi connectivity index (χ1) is 12.7. The number of nitrogen functional groups attached to an aromatic ring is 1. The second-order valence-corrected chi connectivity index (χ2v) is 7.00. The van der Waals surface area contributed by atoms with E-state index in [0.29, 0.717) is 5.13 Å². The molecule has 3 heterocycles. The molecule has 0 radical (unpaired) electrons. The molecule has 0 spiro atoms. The molecule has 26 heavy (non-hydrogen) atoms. The zero-order valence-electron chi connectivity index (χ0n) is 14.4. The third kappa shape index (κ3) is 3.25. The average molecular weight is 365 g/mol. The molecule has 7 heteroatoms. The summed E-state index contributed by atoms with van der Waals surface area (Å²) in [5.41, 5.74) is 8.64. The third-order valence-electron chi connectivity index (χ3n) is 4.18. The number of nitrogens with zero attached hydrogens (tertiary/aromatic N) is 4. The Bertz CT molecular complexity index is 1000. The molecule has 3 aromatic heterocycles. The fourth-order valence-electron chi connectivity index (χ4n) is 2.90. The van der Waals surface area contributed by atoms with Crippen LogP contribution in [0.15, 0.2) is 53.2 Å². The normalized spacial score (nSPS) is 11.1. The molecule has 0 saturated heterocycles. The fraction of sp³-hybridized carbons (Fsp3) is 0.211. The molecule has 0 atom stereocenters. The Labute approximate surface area is 155 Å². The summed E-state index contributed by atoms with van der Waals surface area (Å²) in [5, 5.41) is 9.39. The zero-order valence-corrected chi connectivity index (χ0v) is 15.2. The first-order valence-corrected chi connectivity index (χ1v) is 9.33. The fourth-order valence-corrected chi connectivity index (χ4v) is 3.49. The number of hydrogen-bond donors (Lipinski definition) is 1. The molecule has 0 saturated carbocycles. The first-order valence-electron chi connectivity index (χ1n) is 8.52. The van der Waals surface area contributed by atoms with Gasteiger partial charge in [-0.2, -0.15) is 0 Å². The van der Waals surface area contributed by atoms with Gasteiger partial charge in [0.1, 0.15) is 16.5 Å². The highest BCUT2D eigenvalue weighted by molar-refractivity contribution is 7.15. The highest BCUT2D eigenvalue weighted by Gasteiger charge is 2.18. The van der Waals surface area contributed by atoms with Gasteiger partial charge in [-0.05, 0) is 12.1 Å². The molecule has 0 aliphatic carbocycles. The minimum atomic E-state index is 0.495. The molecular weight excluding hydrogens is 346 g/mol. The van der Waals surface area contributed by atoms with Crippen LogP contribution in [0, 0.1) is 0 Å². The van der Waals surface area contributed by atoms with Gasteiger partial charge in [0, 0.05) is 24.9 Å². The van der Waals surface area contributed by atoms with Crippen molar-refractivity contribution in [3.8, 4) is 22.7 Å². The number of rotatable bonds is 6. The Hall–Kier alpha value is -2.93. The molecule has 0 amide bonds. The van der Waals surface area contributed by atoms with Crippen molar-refractivity contribution >= 4 is 16.5 Å². The summed E-state index contributed by atoms with van der Waals surface area (Å²) in [6, 6.07) is 14.2. The Kier molecular flexibility index (Phi) is 4.53. The molecule has 2 N–H and O–H groups in total. The minimum Gasteiger partial charge on any atom is -0.459 e. The van der Waals surface area contributed by atoms with Crippen molar-refractivity contribution in [3.63, 3.8) is 0 Å². The van der Waals surface area contributed by atoms with Crippen LogP contribution in [-0.2, 0) is 19.4 Å². The first kappa shape index (κ1) is 16.5. The van der Waals surface area contributed by atoms with E-state index in [1.165, 1.54) is 11.3 Å². The monoisotopic (exact) mass is 365 g/mol. The van der Waals surface area contributed by atoms with Crippen molar-refractivity contribution in [2.24, 2.45) is 0 Å². The summed E-state index contributed by atoms with van der Waals surface area (Å²) in [6.45, 7) is 2.81. The smallest absolute Gasteiger partial charge is 0.203 e. The van der Waals surface area contributed by atoms with Gasteiger partial charge in [-0.25, -0.2) is 4.98 Å². The Morgan fingerprint density at radius 1 is 1.12 bits per heavy atom. The van der Waals surface area contributed by atoms with Gasteiger partial charge in [0.25, 0.3) is 0 Å². The summed E-state index contributed by atoms with van der Waals surface area (Å²) < 4.78 is 8.14. The Balaban J connectivity index is 1.72. The van der Waals surface area contributed by atoms with Crippen molar-refractivity contribution in [2.75, 3.05) is 5.73 Å². The quantitative estimate of drug-likeness (QED) is 0.557. The number of anilines is 1. The van der Waals surface area contributed by atoms with Crippen molar-refractivity contribution in [2.45, 2.75) is 26.3 Å². The van der Waals surface area contributed by atoms with E-state index in [1.807, 2.05) is 36.7 Å². The molecule has 0 aliphatic rings. The van der Waals surface area contributed by atoms with Crippen LogP contribution in [0.25, 0.3) is 22.7 Å². The number of aryl methyl sites for hydroxylation is 3. The highest BCUT2D eigenvalue weighted by atomic mass is 32.1. The molecule has 6 nitrogen and oxygen atoms in total. The largest absolute Gasteiger partial charge is 0.459 e. The van der Waals surface area contributed by atoms with Crippen LogP contribution in [0.1, 0.15) is 17.7 Å². The maximum atomic E-state index is 6.03. The van der Waals surface area contributed by atoms with Gasteiger partial charge in [0.2, 0.25) is 5.13 Å². The van der Waals surface area contributed by atoms with Crippen LogP contribution in [0.4, 0.5) is 5.13 Å². The van der Waals surface area contributed by atoms with Gasteiger partial charge in [0.15, 0.2) is 5.76 Å². The summed E-state index contributed by atoms with van der Waals surface area (Å²) in [7, 11) is 0. The standard InChI is InChI=1S/C19H19N5OS/c1-2-14-8-9-15(25-14)18-17(13-6-4-3-5-7-13)21-12-24(18)11-10-16-22-23-19(20)26-16/h3-9,12H,2,10-11H2,1H3,(H2,20,23). The van der Waals surface area contributed by atoms with Crippen LogP contribution in [0.5, 0.6) is 0 Å². The van der Waals surface area contributed by atoms with E-state index < -0.39 is 0 Å². The Morgan fingerprint density at radius 2 is 1.96 bits per heavy atom. The highest BCUT2D eigenvalue weighted by Crippen LogP contribution is 2.32. The summed E-state index contributed by atoms with van der Waals surface area (Å²) in [4.78, 5) is 4.66. The van der Waals surface area contributed by atoms with Crippen molar-refractivity contribution in [3.05, 3.63) is 59.6 Å². The van der Waals surface area contributed by atoms with Crippen molar-refractivity contribution < 1.29 is 4.42 Å². The number of hydrogen-bond acceptors (Lipinski definition) is 6. The molecule has 132 valence electrons. The number of nitrogens with two attached hydrogens (primary N) is 1. The SMILES string of the molecule is CCc1ccc(-c2c(-c3ccccc3)ncn2CCc2nnc(N)s2)o1. The summed E-state index contributed by atoms with van der Waals surface area (Å²) in [6.07, 6.45) is 3.46. The van der Waals surface area contributed by atoms with Crippen molar-refractivity contribution in [1.82, 2.24) is 19.7 Å². The van der Waals surface area contributed by atoms with E-state index >= 15 is 0 Å². The van der Waals surface area contributed by atoms with Crippen LogP contribution < -0.4 is 5.73 Å².